The molecule has 20 heavy (non-hydrogen) atoms. The van der Waals surface area contributed by atoms with Crippen molar-refractivity contribution in [2.45, 2.75) is 46.7 Å². The number of guanidine groups is 1. The van der Waals surface area contributed by atoms with Gasteiger partial charge in [-0.1, -0.05) is 30.7 Å². The summed E-state index contributed by atoms with van der Waals surface area (Å²) >= 11 is 0. The number of rotatable bonds is 4. The molecule has 0 saturated heterocycles. The zero-order valence-corrected chi connectivity index (χ0v) is 15.2. The summed E-state index contributed by atoms with van der Waals surface area (Å²) in [7, 11) is 0. The highest BCUT2D eigenvalue weighted by molar-refractivity contribution is 14.0. The van der Waals surface area contributed by atoms with E-state index in [1.807, 2.05) is 0 Å². The molecule has 1 saturated carbocycles. The van der Waals surface area contributed by atoms with Crippen LogP contribution in [0.5, 0.6) is 0 Å². The number of hydrogen-bond acceptors (Lipinski definition) is 1. The van der Waals surface area contributed by atoms with Gasteiger partial charge in [0.05, 0.1) is 6.54 Å². The standard InChI is InChI=1S/C16H25N3.HI/c1-5-17-16(19-15-9-13(15)4)18-10-14-7-6-11(2)8-12(14)3;/h6-8,13,15H,5,9-10H2,1-4H3,(H2,17,18,19);1H. The van der Waals surface area contributed by atoms with Crippen molar-refractivity contribution in [3.63, 3.8) is 0 Å². The van der Waals surface area contributed by atoms with Crippen LogP contribution in [0.3, 0.4) is 0 Å². The topological polar surface area (TPSA) is 36.4 Å². The summed E-state index contributed by atoms with van der Waals surface area (Å²) < 4.78 is 0. The lowest BCUT2D eigenvalue weighted by Gasteiger charge is -2.11. The second-order valence-electron chi connectivity index (χ2n) is 5.59. The van der Waals surface area contributed by atoms with E-state index < -0.39 is 0 Å². The first-order valence-electron chi connectivity index (χ1n) is 7.21. The largest absolute Gasteiger partial charge is 0.357 e. The second-order valence-corrected chi connectivity index (χ2v) is 5.59. The average Bonchev–Trinajstić information content (AvgIpc) is 3.04. The lowest BCUT2D eigenvalue weighted by Crippen LogP contribution is -2.39. The molecule has 0 spiro atoms. The van der Waals surface area contributed by atoms with Gasteiger partial charge in [0.2, 0.25) is 0 Å². The molecule has 0 amide bonds. The van der Waals surface area contributed by atoms with Crippen LogP contribution in [-0.2, 0) is 6.54 Å². The molecule has 1 aliphatic rings. The van der Waals surface area contributed by atoms with Gasteiger partial charge in [-0.15, -0.1) is 24.0 Å². The lowest BCUT2D eigenvalue weighted by atomic mass is 10.1. The van der Waals surface area contributed by atoms with Gasteiger partial charge in [-0.3, -0.25) is 0 Å². The molecule has 0 heterocycles. The van der Waals surface area contributed by atoms with Gasteiger partial charge >= 0.3 is 0 Å². The molecule has 2 atom stereocenters. The fraction of sp³-hybridized carbons (Fsp3) is 0.562. The molecule has 1 aromatic carbocycles. The summed E-state index contributed by atoms with van der Waals surface area (Å²) in [5.74, 6) is 1.72. The highest BCUT2D eigenvalue weighted by Gasteiger charge is 2.33. The van der Waals surface area contributed by atoms with Gasteiger partial charge in [0.1, 0.15) is 0 Å². The fourth-order valence-corrected chi connectivity index (χ4v) is 2.21. The Morgan fingerprint density at radius 3 is 2.60 bits per heavy atom. The molecule has 2 N–H and O–H groups in total. The third-order valence-corrected chi connectivity index (χ3v) is 3.68. The Bertz CT molecular complexity index is 471. The highest BCUT2D eigenvalue weighted by atomic mass is 127. The molecule has 0 aliphatic heterocycles. The van der Waals surface area contributed by atoms with Crippen LogP contribution in [0.15, 0.2) is 23.2 Å². The molecule has 2 rings (SSSR count). The van der Waals surface area contributed by atoms with Crippen LogP contribution in [0, 0.1) is 19.8 Å². The number of nitrogens with zero attached hydrogens (tertiary/aromatic N) is 1. The lowest BCUT2D eigenvalue weighted by molar-refractivity contribution is 0.766. The van der Waals surface area contributed by atoms with E-state index in [2.05, 4.69) is 61.5 Å². The van der Waals surface area contributed by atoms with Crippen LogP contribution in [0.1, 0.15) is 37.0 Å². The van der Waals surface area contributed by atoms with E-state index in [-0.39, 0.29) is 24.0 Å². The summed E-state index contributed by atoms with van der Waals surface area (Å²) in [6.07, 6.45) is 1.26. The molecular formula is C16H26IN3. The van der Waals surface area contributed by atoms with E-state index in [9.17, 15) is 0 Å². The molecule has 1 aromatic rings. The van der Waals surface area contributed by atoms with Gasteiger partial charge in [0, 0.05) is 12.6 Å². The molecule has 1 fully saturated rings. The number of nitrogens with one attached hydrogen (secondary N) is 2. The normalized spacial score (nSPS) is 21.1. The molecule has 112 valence electrons. The Balaban J connectivity index is 0.00000200. The number of halogens is 1. The summed E-state index contributed by atoms with van der Waals surface area (Å²) in [4.78, 5) is 4.68. The van der Waals surface area contributed by atoms with Crippen molar-refractivity contribution in [3.05, 3.63) is 34.9 Å². The molecular weight excluding hydrogens is 361 g/mol. The van der Waals surface area contributed by atoms with Crippen molar-refractivity contribution < 1.29 is 0 Å². The van der Waals surface area contributed by atoms with E-state index >= 15 is 0 Å². The molecule has 1 aliphatic carbocycles. The summed E-state index contributed by atoms with van der Waals surface area (Å²) in [6, 6.07) is 7.16. The Morgan fingerprint density at radius 1 is 1.35 bits per heavy atom. The molecule has 4 heteroatoms. The van der Waals surface area contributed by atoms with E-state index in [1.165, 1.54) is 23.1 Å². The molecule has 2 unspecified atom stereocenters. The number of benzene rings is 1. The van der Waals surface area contributed by atoms with Crippen LogP contribution in [0.25, 0.3) is 0 Å². The Kier molecular flexibility index (Phi) is 6.79. The maximum absolute atomic E-state index is 4.68. The summed E-state index contributed by atoms with van der Waals surface area (Å²) in [6.45, 7) is 10.3. The summed E-state index contributed by atoms with van der Waals surface area (Å²) in [5, 5.41) is 6.80. The number of aryl methyl sites for hydroxylation is 2. The van der Waals surface area contributed by atoms with E-state index in [1.54, 1.807) is 0 Å². The van der Waals surface area contributed by atoms with Crippen molar-refractivity contribution in [2.24, 2.45) is 10.9 Å². The molecule has 0 bridgehead atoms. The van der Waals surface area contributed by atoms with Gasteiger partial charge in [0.15, 0.2) is 5.96 Å². The smallest absolute Gasteiger partial charge is 0.191 e. The minimum atomic E-state index is 0. The van der Waals surface area contributed by atoms with Crippen molar-refractivity contribution in [2.75, 3.05) is 6.54 Å². The third kappa shape index (κ3) is 4.96. The third-order valence-electron chi connectivity index (χ3n) is 3.68. The number of aliphatic imine (C=N–C) groups is 1. The van der Waals surface area contributed by atoms with Gasteiger partial charge in [0.25, 0.3) is 0 Å². The SMILES string of the molecule is CCNC(=NCc1ccc(C)cc1C)NC1CC1C.I. The van der Waals surface area contributed by atoms with E-state index in [0.717, 1.165) is 25.0 Å². The average molecular weight is 387 g/mol. The highest BCUT2D eigenvalue weighted by Crippen LogP contribution is 2.28. The van der Waals surface area contributed by atoms with Gasteiger partial charge < -0.3 is 10.6 Å². The van der Waals surface area contributed by atoms with Crippen molar-refractivity contribution >= 4 is 29.9 Å². The first-order valence-corrected chi connectivity index (χ1v) is 7.21. The fourth-order valence-electron chi connectivity index (χ4n) is 2.21. The Morgan fingerprint density at radius 2 is 2.05 bits per heavy atom. The van der Waals surface area contributed by atoms with Gasteiger partial charge in [-0.25, -0.2) is 4.99 Å². The minimum absolute atomic E-state index is 0. The predicted octanol–water partition coefficient (Wildman–Crippen LogP) is 3.38. The maximum atomic E-state index is 4.68. The van der Waals surface area contributed by atoms with E-state index in [4.69, 9.17) is 0 Å². The van der Waals surface area contributed by atoms with Crippen LogP contribution >= 0.6 is 24.0 Å². The maximum Gasteiger partial charge on any atom is 0.191 e. The van der Waals surface area contributed by atoms with Crippen LogP contribution in [-0.4, -0.2) is 18.5 Å². The van der Waals surface area contributed by atoms with Crippen molar-refractivity contribution in [1.29, 1.82) is 0 Å². The van der Waals surface area contributed by atoms with Crippen LogP contribution < -0.4 is 10.6 Å². The minimum Gasteiger partial charge on any atom is -0.357 e. The van der Waals surface area contributed by atoms with E-state index in [0.29, 0.717) is 6.04 Å². The number of hydrogen-bond donors (Lipinski definition) is 2. The first-order chi connectivity index (χ1) is 9.10. The van der Waals surface area contributed by atoms with Gasteiger partial charge in [-0.2, -0.15) is 0 Å². The zero-order valence-electron chi connectivity index (χ0n) is 12.9. The quantitative estimate of drug-likeness (QED) is 0.472. The molecule has 3 nitrogen and oxygen atoms in total. The van der Waals surface area contributed by atoms with Crippen LogP contribution in [0.2, 0.25) is 0 Å². The monoisotopic (exact) mass is 387 g/mol. The van der Waals surface area contributed by atoms with Gasteiger partial charge in [-0.05, 0) is 44.2 Å². The first kappa shape index (κ1) is 17.3. The molecule has 0 radical (unpaired) electrons. The predicted molar refractivity (Wildman–Crippen MR) is 96.9 cm³/mol. The van der Waals surface area contributed by atoms with Crippen molar-refractivity contribution in [1.82, 2.24) is 10.6 Å². The van der Waals surface area contributed by atoms with Crippen molar-refractivity contribution in [3.8, 4) is 0 Å². The Hall–Kier alpha value is -0.780. The second kappa shape index (κ2) is 7.86. The molecule has 0 aromatic heterocycles. The Labute approximate surface area is 139 Å². The zero-order chi connectivity index (χ0) is 13.8. The summed E-state index contributed by atoms with van der Waals surface area (Å²) in [5.41, 5.74) is 3.92. The van der Waals surface area contributed by atoms with Crippen LogP contribution in [0.4, 0.5) is 0 Å².